The number of para-hydroxylation sites is 2. The number of oxazole rings is 1. The molecule has 2 aromatic heterocycles. The molecule has 3 aromatic rings. The number of rotatable bonds is 8. The maximum Gasteiger partial charge on any atom is 0.419 e. The van der Waals surface area contributed by atoms with Gasteiger partial charge in [-0.05, 0) is 44.0 Å². The number of benzene rings is 1. The van der Waals surface area contributed by atoms with Crippen LogP contribution in [0.3, 0.4) is 0 Å². The van der Waals surface area contributed by atoms with Gasteiger partial charge in [0.1, 0.15) is 5.76 Å². The van der Waals surface area contributed by atoms with Crippen molar-refractivity contribution in [1.29, 1.82) is 0 Å². The Labute approximate surface area is 145 Å². The summed E-state index contributed by atoms with van der Waals surface area (Å²) in [5.74, 6) is 0.536. The molecule has 0 spiro atoms. The van der Waals surface area contributed by atoms with Crippen LogP contribution in [0.15, 0.2) is 56.3 Å². The lowest BCUT2D eigenvalue weighted by molar-refractivity contribution is -0.121. The molecule has 1 aromatic carbocycles. The van der Waals surface area contributed by atoms with Crippen LogP contribution in [0.25, 0.3) is 11.1 Å². The van der Waals surface area contributed by atoms with E-state index in [0.29, 0.717) is 25.0 Å². The lowest BCUT2D eigenvalue weighted by atomic mass is 10.1. The second-order valence-electron chi connectivity index (χ2n) is 6.18. The molecule has 0 bridgehead atoms. The molecule has 0 saturated carbocycles. The summed E-state index contributed by atoms with van der Waals surface area (Å²) < 4.78 is 12.0. The number of amides is 1. The van der Waals surface area contributed by atoms with E-state index in [-0.39, 0.29) is 17.7 Å². The van der Waals surface area contributed by atoms with E-state index in [1.165, 1.54) is 0 Å². The Bertz CT molecular complexity index is 876. The number of furan rings is 1. The maximum absolute atomic E-state index is 12.0. The van der Waals surface area contributed by atoms with Gasteiger partial charge in [0.2, 0.25) is 5.91 Å². The second kappa shape index (κ2) is 7.88. The molecule has 0 radical (unpaired) electrons. The molecule has 0 aliphatic heterocycles. The molecule has 2 heterocycles. The predicted molar refractivity (Wildman–Crippen MR) is 94.3 cm³/mol. The molecule has 0 aliphatic rings. The highest BCUT2D eigenvalue weighted by Gasteiger charge is 2.11. The standard InChI is InChI=1S/C19H22N2O4/c1-14(10-11-15-6-5-13-24-15)20-18(22)9-4-12-21-16-7-2-3-8-17(16)25-19(21)23/h2-3,5-8,13-14H,4,9-12H2,1H3,(H,20,22). The molecule has 0 aliphatic carbocycles. The van der Waals surface area contributed by atoms with E-state index in [9.17, 15) is 9.59 Å². The van der Waals surface area contributed by atoms with Gasteiger partial charge in [0.15, 0.2) is 5.58 Å². The molecule has 1 amide bonds. The molecule has 25 heavy (non-hydrogen) atoms. The van der Waals surface area contributed by atoms with Crippen LogP contribution in [0.5, 0.6) is 0 Å². The number of carbonyl (C=O) groups excluding carboxylic acids is 1. The van der Waals surface area contributed by atoms with Crippen LogP contribution in [-0.4, -0.2) is 16.5 Å². The fraction of sp³-hybridized carbons (Fsp3) is 0.368. The number of carbonyl (C=O) groups is 1. The summed E-state index contributed by atoms with van der Waals surface area (Å²) in [5, 5.41) is 2.98. The lowest BCUT2D eigenvalue weighted by Gasteiger charge is -2.13. The number of hydrogen-bond acceptors (Lipinski definition) is 4. The first-order chi connectivity index (χ1) is 12.1. The number of fused-ring (bicyclic) bond motifs is 1. The van der Waals surface area contributed by atoms with Crippen LogP contribution in [0.2, 0.25) is 0 Å². The number of nitrogens with zero attached hydrogens (tertiary/aromatic N) is 1. The average Bonchev–Trinajstić information content (AvgIpc) is 3.21. The van der Waals surface area contributed by atoms with Crippen LogP contribution >= 0.6 is 0 Å². The SMILES string of the molecule is CC(CCc1ccco1)NC(=O)CCCn1c(=O)oc2ccccc21. The van der Waals surface area contributed by atoms with Crippen molar-refractivity contribution in [2.45, 2.75) is 45.2 Å². The first kappa shape index (κ1) is 17.1. The minimum atomic E-state index is -0.381. The highest BCUT2D eigenvalue weighted by molar-refractivity contribution is 5.76. The fourth-order valence-corrected chi connectivity index (χ4v) is 2.86. The summed E-state index contributed by atoms with van der Waals surface area (Å²) in [6.07, 6.45) is 4.23. The average molecular weight is 342 g/mol. The zero-order chi connectivity index (χ0) is 17.6. The van der Waals surface area contributed by atoms with Crippen LogP contribution in [-0.2, 0) is 17.8 Å². The van der Waals surface area contributed by atoms with E-state index in [2.05, 4.69) is 5.32 Å². The van der Waals surface area contributed by atoms with Crippen molar-refractivity contribution in [3.8, 4) is 0 Å². The summed E-state index contributed by atoms with van der Waals surface area (Å²) in [5.41, 5.74) is 1.34. The van der Waals surface area contributed by atoms with Gasteiger partial charge in [-0.1, -0.05) is 12.1 Å². The van der Waals surface area contributed by atoms with Crippen LogP contribution in [0.1, 0.15) is 31.9 Å². The maximum atomic E-state index is 12.0. The van der Waals surface area contributed by atoms with E-state index in [4.69, 9.17) is 8.83 Å². The smallest absolute Gasteiger partial charge is 0.419 e. The van der Waals surface area contributed by atoms with Gasteiger partial charge in [-0.2, -0.15) is 0 Å². The Morgan fingerprint density at radius 2 is 2.08 bits per heavy atom. The molecular weight excluding hydrogens is 320 g/mol. The minimum absolute atomic E-state index is 0.00667. The quantitative estimate of drug-likeness (QED) is 0.682. The predicted octanol–water partition coefficient (Wildman–Crippen LogP) is 3.11. The summed E-state index contributed by atoms with van der Waals surface area (Å²) in [7, 11) is 0. The first-order valence-electron chi connectivity index (χ1n) is 8.53. The van der Waals surface area contributed by atoms with Crippen molar-refractivity contribution in [3.05, 3.63) is 59.0 Å². The molecule has 6 nitrogen and oxygen atoms in total. The van der Waals surface area contributed by atoms with Crippen molar-refractivity contribution in [3.63, 3.8) is 0 Å². The van der Waals surface area contributed by atoms with Gasteiger partial charge in [0.25, 0.3) is 0 Å². The van der Waals surface area contributed by atoms with Crippen molar-refractivity contribution in [2.24, 2.45) is 0 Å². The molecule has 1 N–H and O–H groups in total. The van der Waals surface area contributed by atoms with E-state index < -0.39 is 0 Å². The summed E-state index contributed by atoms with van der Waals surface area (Å²) in [4.78, 5) is 23.9. The minimum Gasteiger partial charge on any atom is -0.469 e. The topological polar surface area (TPSA) is 77.4 Å². The number of aryl methyl sites for hydroxylation is 2. The van der Waals surface area contributed by atoms with Gasteiger partial charge in [-0.15, -0.1) is 0 Å². The monoisotopic (exact) mass is 342 g/mol. The Balaban J connectivity index is 1.44. The third kappa shape index (κ3) is 4.41. The molecule has 0 fully saturated rings. The van der Waals surface area contributed by atoms with E-state index >= 15 is 0 Å². The largest absolute Gasteiger partial charge is 0.469 e. The van der Waals surface area contributed by atoms with Gasteiger partial charge in [-0.3, -0.25) is 9.36 Å². The van der Waals surface area contributed by atoms with Crippen molar-refractivity contribution in [1.82, 2.24) is 9.88 Å². The van der Waals surface area contributed by atoms with Crippen molar-refractivity contribution < 1.29 is 13.6 Å². The van der Waals surface area contributed by atoms with Crippen LogP contribution in [0, 0.1) is 0 Å². The molecule has 1 atom stereocenters. The highest BCUT2D eigenvalue weighted by atomic mass is 16.4. The second-order valence-corrected chi connectivity index (χ2v) is 6.18. The van der Waals surface area contributed by atoms with Gasteiger partial charge in [0.05, 0.1) is 11.8 Å². The third-order valence-corrected chi connectivity index (χ3v) is 4.17. The Hall–Kier alpha value is -2.76. The molecule has 1 unspecified atom stereocenters. The molecular formula is C19H22N2O4. The normalized spacial score (nSPS) is 12.4. The Kier molecular flexibility index (Phi) is 5.38. The van der Waals surface area contributed by atoms with Gasteiger partial charge in [0, 0.05) is 25.4 Å². The van der Waals surface area contributed by atoms with Crippen molar-refractivity contribution >= 4 is 17.0 Å². The summed E-state index contributed by atoms with van der Waals surface area (Å²) in [6.45, 7) is 2.44. The lowest BCUT2D eigenvalue weighted by Crippen LogP contribution is -2.33. The Morgan fingerprint density at radius 3 is 2.88 bits per heavy atom. The van der Waals surface area contributed by atoms with Gasteiger partial charge < -0.3 is 14.2 Å². The molecule has 132 valence electrons. The summed E-state index contributed by atoms with van der Waals surface area (Å²) >= 11 is 0. The summed E-state index contributed by atoms with van der Waals surface area (Å²) in [6, 6.07) is 11.2. The fourth-order valence-electron chi connectivity index (χ4n) is 2.86. The van der Waals surface area contributed by atoms with Crippen LogP contribution in [0.4, 0.5) is 0 Å². The van der Waals surface area contributed by atoms with E-state index in [1.54, 1.807) is 16.9 Å². The highest BCUT2D eigenvalue weighted by Crippen LogP contribution is 2.12. The number of aromatic nitrogens is 1. The molecule has 0 saturated heterocycles. The van der Waals surface area contributed by atoms with E-state index in [1.807, 2.05) is 37.3 Å². The zero-order valence-electron chi connectivity index (χ0n) is 14.2. The number of hydrogen-bond donors (Lipinski definition) is 1. The van der Waals surface area contributed by atoms with Crippen LogP contribution < -0.4 is 11.1 Å². The number of nitrogens with one attached hydrogen (secondary N) is 1. The van der Waals surface area contributed by atoms with Gasteiger partial charge in [-0.25, -0.2) is 4.79 Å². The van der Waals surface area contributed by atoms with E-state index in [0.717, 1.165) is 24.1 Å². The first-order valence-corrected chi connectivity index (χ1v) is 8.53. The molecule has 6 heteroatoms. The van der Waals surface area contributed by atoms with Crippen molar-refractivity contribution in [2.75, 3.05) is 0 Å². The zero-order valence-corrected chi connectivity index (χ0v) is 14.2. The third-order valence-electron chi connectivity index (χ3n) is 4.17. The molecule has 3 rings (SSSR count). The Morgan fingerprint density at radius 1 is 1.24 bits per heavy atom. The van der Waals surface area contributed by atoms with Gasteiger partial charge >= 0.3 is 5.76 Å².